The van der Waals surface area contributed by atoms with E-state index in [4.69, 9.17) is 4.74 Å². The van der Waals surface area contributed by atoms with Crippen molar-refractivity contribution in [3.05, 3.63) is 47.3 Å². The minimum absolute atomic E-state index is 0.00157. The molecule has 2 atom stereocenters. The van der Waals surface area contributed by atoms with Crippen molar-refractivity contribution in [1.82, 2.24) is 25.9 Å². The van der Waals surface area contributed by atoms with Crippen LogP contribution in [-0.4, -0.2) is 40.2 Å². The molecule has 8 nitrogen and oxygen atoms in total. The number of aromatic nitrogens is 2. The fourth-order valence-corrected chi connectivity index (χ4v) is 3.03. The van der Waals surface area contributed by atoms with Crippen molar-refractivity contribution in [1.29, 1.82) is 0 Å². The molecular formula is C19H25N5O3. The van der Waals surface area contributed by atoms with Gasteiger partial charge in [0.1, 0.15) is 18.4 Å². The smallest absolute Gasteiger partial charge is 0.238 e. The van der Waals surface area contributed by atoms with Gasteiger partial charge in [0.2, 0.25) is 5.91 Å². The molecule has 144 valence electrons. The molecule has 2 heterocycles. The molecule has 3 N–H and O–H groups in total. The zero-order valence-electron chi connectivity index (χ0n) is 15.8. The minimum atomic E-state index is -0.320. The second kappa shape index (κ2) is 8.32. The maximum atomic E-state index is 12.4. The van der Waals surface area contributed by atoms with Crippen molar-refractivity contribution >= 4 is 11.7 Å². The number of amides is 1. The van der Waals surface area contributed by atoms with Gasteiger partial charge in [-0.05, 0) is 32.4 Å². The second-order valence-corrected chi connectivity index (χ2v) is 6.80. The Balaban J connectivity index is 1.45. The van der Waals surface area contributed by atoms with Gasteiger partial charge in [-0.1, -0.05) is 12.1 Å². The highest BCUT2D eigenvalue weighted by molar-refractivity contribution is 5.94. The first kappa shape index (κ1) is 19.1. The predicted octanol–water partition coefficient (Wildman–Crippen LogP) is 0.861. The van der Waals surface area contributed by atoms with Gasteiger partial charge in [0.25, 0.3) is 0 Å². The Labute approximate surface area is 158 Å². The van der Waals surface area contributed by atoms with Gasteiger partial charge in [0.05, 0.1) is 11.7 Å². The minimum Gasteiger partial charge on any atom is -0.492 e. The molecule has 1 saturated heterocycles. The molecule has 0 saturated carbocycles. The molecule has 1 aliphatic heterocycles. The van der Waals surface area contributed by atoms with Gasteiger partial charge in [0.15, 0.2) is 5.78 Å². The number of ketones is 1. The highest BCUT2D eigenvalue weighted by Crippen LogP contribution is 2.15. The van der Waals surface area contributed by atoms with Crippen LogP contribution in [0.25, 0.3) is 0 Å². The number of aryl methyl sites for hydroxylation is 2. The van der Waals surface area contributed by atoms with Crippen LogP contribution in [0.5, 0.6) is 5.75 Å². The molecule has 3 rings (SSSR count). The Bertz CT molecular complexity index is 833. The zero-order chi connectivity index (χ0) is 19.4. The summed E-state index contributed by atoms with van der Waals surface area (Å²) in [6, 6.07) is 6.78. The van der Waals surface area contributed by atoms with E-state index in [0.29, 0.717) is 30.9 Å². The summed E-state index contributed by atoms with van der Waals surface area (Å²) < 4.78 is 7.50. The van der Waals surface area contributed by atoms with Crippen LogP contribution >= 0.6 is 0 Å². The monoisotopic (exact) mass is 371 g/mol. The van der Waals surface area contributed by atoms with E-state index in [1.54, 1.807) is 22.9 Å². The van der Waals surface area contributed by atoms with Crippen molar-refractivity contribution < 1.29 is 14.3 Å². The summed E-state index contributed by atoms with van der Waals surface area (Å²) >= 11 is 0. The van der Waals surface area contributed by atoms with Gasteiger partial charge < -0.3 is 10.1 Å². The first-order valence-electron chi connectivity index (χ1n) is 8.94. The first-order chi connectivity index (χ1) is 12.9. The van der Waals surface area contributed by atoms with Gasteiger partial charge in [-0.3, -0.25) is 19.7 Å². The molecule has 0 radical (unpaired) electrons. The summed E-state index contributed by atoms with van der Waals surface area (Å²) in [4.78, 5) is 23.8. The third-order valence-corrected chi connectivity index (χ3v) is 4.56. The number of hydrazine groups is 1. The molecule has 1 aromatic carbocycles. The highest BCUT2D eigenvalue weighted by atomic mass is 16.5. The van der Waals surface area contributed by atoms with Gasteiger partial charge in [-0.15, -0.1) is 0 Å². The van der Waals surface area contributed by atoms with Gasteiger partial charge in [0, 0.05) is 30.9 Å². The van der Waals surface area contributed by atoms with Crippen LogP contribution in [0.2, 0.25) is 0 Å². The summed E-state index contributed by atoms with van der Waals surface area (Å²) in [7, 11) is 1.86. The molecule has 8 heteroatoms. The van der Waals surface area contributed by atoms with Crippen LogP contribution in [0, 0.1) is 6.92 Å². The largest absolute Gasteiger partial charge is 0.492 e. The molecule has 1 aliphatic rings. The molecule has 0 bridgehead atoms. The normalized spacial score (nSPS) is 19.1. The average molecular weight is 371 g/mol. The van der Waals surface area contributed by atoms with E-state index in [0.717, 1.165) is 11.3 Å². The standard InChI is InChI=1S/C19H25N5O3/c1-12-15(10-24(3)23-12)9-20-19(26)18-8-16(21-22-18)11-27-17-6-4-5-14(7-17)13(2)25/h4-7,10,16,18,21-22H,8-9,11H2,1-3H3,(H,20,26). The molecule has 1 fully saturated rings. The quantitative estimate of drug-likeness (QED) is 0.625. The summed E-state index contributed by atoms with van der Waals surface area (Å²) in [5.74, 6) is 0.581. The third kappa shape index (κ3) is 4.93. The molecule has 2 aromatic rings. The van der Waals surface area contributed by atoms with E-state index in [1.165, 1.54) is 6.92 Å². The molecular weight excluding hydrogens is 346 g/mol. The molecule has 0 spiro atoms. The number of carbonyl (C=O) groups is 2. The molecule has 0 aliphatic carbocycles. The Morgan fingerprint density at radius 2 is 2.19 bits per heavy atom. The lowest BCUT2D eigenvalue weighted by Crippen LogP contribution is -2.43. The summed E-state index contributed by atoms with van der Waals surface area (Å²) in [5, 5.41) is 7.20. The first-order valence-corrected chi connectivity index (χ1v) is 8.94. The maximum Gasteiger partial charge on any atom is 0.238 e. The molecule has 2 unspecified atom stereocenters. The number of hydrogen-bond acceptors (Lipinski definition) is 6. The molecule has 1 amide bonds. The van der Waals surface area contributed by atoms with E-state index < -0.39 is 0 Å². The fourth-order valence-electron chi connectivity index (χ4n) is 3.03. The number of ether oxygens (including phenoxy) is 1. The van der Waals surface area contributed by atoms with Crippen molar-refractivity contribution in [2.45, 2.75) is 38.9 Å². The fraction of sp³-hybridized carbons (Fsp3) is 0.421. The number of nitrogens with one attached hydrogen (secondary N) is 3. The van der Waals surface area contributed by atoms with Crippen molar-refractivity contribution in [3.63, 3.8) is 0 Å². The Hall–Kier alpha value is -2.71. The number of hydrogen-bond donors (Lipinski definition) is 3. The Morgan fingerprint density at radius 3 is 2.89 bits per heavy atom. The predicted molar refractivity (Wildman–Crippen MR) is 100 cm³/mol. The van der Waals surface area contributed by atoms with E-state index in [9.17, 15) is 9.59 Å². The van der Waals surface area contributed by atoms with E-state index in [-0.39, 0.29) is 23.8 Å². The van der Waals surface area contributed by atoms with Crippen LogP contribution in [0.3, 0.4) is 0 Å². The van der Waals surface area contributed by atoms with E-state index >= 15 is 0 Å². The third-order valence-electron chi connectivity index (χ3n) is 4.56. The number of Topliss-reactive ketones (excluding diaryl/α,β-unsaturated/α-hetero) is 1. The van der Waals surface area contributed by atoms with E-state index in [2.05, 4.69) is 21.3 Å². The summed E-state index contributed by atoms with van der Waals surface area (Å²) in [6.07, 6.45) is 2.52. The molecule has 27 heavy (non-hydrogen) atoms. The summed E-state index contributed by atoms with van der Waals surface area (Å²) in [6.45, 7) is 4.30. The van der Waals surface area contributed by atoms with Crippen LogP contribution in [0.15, 0.2) is 30.5 Å². The van der Waals surface area contributed by atoms with Crippen LogP contribution in [0.1, 0.15) is 35.0 Å². The zero-order valence-corrected chi connectivity index (χ0v) is 15.8. The maximum absolute atomic E-state index is 12.4. The van der Waals surface area contributed by atoms with Gasteiger partial charge in [-0.2, -0.15) is 5.10 Å². The van der Waals surface area contributed by atoms with Crippen molar-refractivity contribution in [2.24, 2.45) is 7.05 Å². The number of nitrogens with zero attached hydrogens (tertiary/aromatic N) is 2. The van der Waals surface area contributed by atoms with Crippen molar-refractivity contribution in [2.75, 3.05) is 6.61 Å². The number of carbonyl (C=O) groups excluding carboxylic acids is 2. The topological polar surface area (TPSA) is 97.3 Å². The lowest BCUT2D eigenvalue weighted by atomic mass is 10.1. The lowest BCUT2D eigenvalue weighted by Gasteiger charge is -2.12. The number of rotatable bonds is 7. The number of benzene rings is 1. The van der Waals surface area contributed by atoms with Crippen molar-refractivity contribution in [3.8, 4) is 5.75 Å². The van der Waals surface area contributed by atoms with Crippen LogP contribution < -0.4 is 20.9 Å². The highest BCUT2D eigenvalue weighted by Gasteiger charge is 2.29. The summed E-state index contributed by atoms with van der Waals surface area (Å²) in [5.41, 5.74) is 8.63. The molecule has 1 aromatic heterocycles. The van der Waals surface area contributed by atoms with Crippen LogP contribution in [0.4, 0.5) is 0 Å². The second-order valence-electron chi connectivity index (χ2n) is 6.80. The van der Waals surface area contributed by atoms with Gasteiger partial charge in [-0.25, -0.2) is 5.43 Å². The van der Waals surface area contributed by atoms with E-state index in [1.807, 2.05) is 26.2 Å². The van der Waals surface area contributed by atoms with Gasteiger partial charge >= 0.3 is 0 Å². The Morgan fingerprint density at radius 1 is 1.37 bits per heavy atom. The van der Waals surface area contributed by atoms with Crippen LogP contribution in [-0.2, 0) is 18.4 Å². The lowest BCUT2D eigenvalue weighted by molar-refractivity contribution is -0.123. The average Bonchev–Trinajstić information content (AvgIpc) is 3.24. The Kier molecular flexibility index (Phi) is 5.88. The SMILES string of the molecule is CC(=O)c1cccc(OCC2CC(C(=O)NCc3cn(C)nc3C)NN2)c1.